The van der Waals surface area contributed by atoms with Gasteiger partial charge in [0, 0.05) is 46.7 Å². The molecule has 0 aromatic rings. The van der Waals surface area contributed by atoms with Crippen LogP contribution in [0.25, 0.3) is 0 Å². The zero-order chi connectivity index (χ0) is 27.2. The monoisotopic (exact) mass is 502 g/mol. The largest absolute Gasteiger partial charge is 0.390 e. The van der Waals surface area contributed by atoms with Gasteiger partial charge in [0.2, 0.25) is 0 Å². The van der Waals surface area contributed by atoms with E-state index in [1.165, 1.54) is 13.8 Å². The molecule has 0 heterocycles. The Labute approximate surface area is 215 Å². The summed E-state index contributed by atoms with van der Waals surface area (Å²) in [6.45, 7) is 15.3. The molecule has 0 radical (unpaired) electrons. The van der Waals surface area contributed by atoms with E-state index in [1.54, 1.807) is 0 Å². The summed E-state index contributed by atoms with van der Waals surface area (Å²) in [7, 11) is 0. The van der Waals surface area contributed by atoms with Crippen LogP contribution in [0.2, 0.25) is 0 Å². The molecule has 2 saturated carbocycles. The maximum Gasteiger partial charge on any atom is 0.160 e. The Morgan fingerprint density at radius 2 is 1.58 bits per heavy atom. The third kappa shape index (κ3) is 3.65. The van der Waals surface area contributed by atoms with Crippen LogP contribution >= 0.6 is 0 Å². The number of hydrogen-bond donors (Lipinski definition) is 3. The fraction of sp³-hybridized carbons (Fsp3) is 0.833. The van der Waals surface area contributed by atoms with Crippen LogP contribution in [0, 0.1) is 39.4 Å². The Morgan fingerprint density at radius 3 is 2.17 bits per heavy atom. The molecule has 0 aromatic carbocycles. The van der Waals surface area contributed by atoms with Gasteiger partial charge in [-0.15, -0.1) is 0 Å². The minimum atomic E-state index is -1.41. The summed E-state index contributed by atoms with van der Waals surface area (Å²) in [5.41, 5.74) is -1.99. The van der Waals surface area contributed by atoms with E-state index in [-0.39, 0.29) is 35.1 Å². The number of carbonyl (C=O) groups excluding carboxylic acids is 3. The van der Waals surface area contributed by atoms with E-state index in [1.807, 2.05) is 20.8 Å². The number of aliphatic hydroxyl groups is 3. The maximum absolute atomic E-state index is 14.0. The third-order valence-electron chi connectivity index (χ3n) is 11.5. The third-order valence-corrected chi connectivity index (χ3v) is 11.5. The van der Waals surface area contributed by atoms with Crippen LogP contribution in [-0.4, -0.2) is 50.5 Å². The highest BCUT2D eigenvalue weighted by Crippen LogP contribution is 2.70. The van der Waals surface area contributed by atoms with Gasteiger partial charge < -0.3 is 15.3 Å². The second-order valence-electron chi connectivity index (χ2n) is 14.4. The Balaban J connectivity index is 1.73. The fourth-order valence-corrected chi connectivity index (χ4v) is 9.07. The number of carbonyl (C=O) groups is 3. The van der Waals surface area contributed by atoms with E-state index in [4.69, 9.17) is 0 Å². The average Bonchev–Trinajstić information content (AvgIpc) is 3.02. The molecule has 4 rings (SSSR count). The van der Waals surface area contributed by atoms with Crippen LogP contribution in [0.4, 0.5) is 0 Å². The molecule has 0 unspecified atom stereocenters. The van der Waals surface area contributed by atoms with E-state index >= 15 is 0 Å². The van der Waals surface area contributed by atoms with Crippen molar-refractivity contribution in [2.24, 2.45) is 39.4 Å². The van der Waals surface area contributed by atoms with Gasteiger partial charge >= 0.3 is 0 Å². The molecule has 0 bridgehead atoms. The zero-order valence-electron chi connectivity index (χ0n) is 23.4. The van der Waals surface area contributed by atoms with Crippen LogP contribution in [0.15, 0.2) is 11.1 Å². The van der Waals surface area contributed by atoms with Crippen molar-refractivity contribution in [1.29, 1.82) is 0 Å². The molecule has 6 nitrogen and oxygen atoms in total. The number of ketones is 3. The van der Waals surface area contributed by atoms with Gasteiger partial charge in [-0.2, -0.15) is 0 Å². The van der Waals surface area contributed by atoms with Crippen LogP contribution in [-0.2, 0) is 14.4 Å². The Kier molecular flexibility index (Phi) is 6.39. The maximum atomic E-state index is 14.0. The van der Waals surface area contributed by atoms with Gasteiger partial charge in [-0.1, -0.05) is 41.5 Å². The molecular weight excluding hydrogens is 456 g/mol. The molecule has 0 amide bonds. The molecule has 0 aromatic heterocycles. The minimum absolute atomic E-state index is 0.00737. The molecule has 202 valence electrons. The summed E-state index contributed by atoms with van der Waals surface area (Å²) in [6.07, 6.45) is 1.31. The summed E-state index contributed by atoms with van der Waals surface area (Å²) in [5, 5.41) is 31.2. The first-order chi connectivity index (χ1) is 16.3. The first-order valence-corrected chi connectivity index (χ1v) is 13.8. The molecule has 8 atom stereocenters. The van der Waals surface area contributed by atoms with Crippen molar-refractivity contribution in [2.45, 2.75) is 118 Å². The van der Waals surface area contributed by atoms with Crippen molar-refractivity contribution >= 4 is 17.3 Å². The van der Waals surface area contributed by atoms with E-state index in [0.29, 0.717) is 37.7 Å². The van der Waals surface area contributed by atoms with Crippen LogP contribution < -0.4 is 0 Å². The SMILES string of the molecule is C[C@@H](C[C@@H](O)[C@H](O)C(C)(C)O)[C@@H]1CC[C@]2(C)C3=C(C(=O)C[C@@]12C)[C@@]1(C)CCC(=O)C(C)(C)[C@@H]1CC3=O. The topological polar surface area (TPSA) is 112 Å². The second kappa shape index (κ2) is 8.31. The molecule has 0 saturated heterocycles. The van der Waals surface area contributed by atoms with E-state index in [0.717, 1.165) is 18.4 Å². The first-order valence-electron chi connectivity index (χ1n) is 13.8. The lowest BCUT2D eigenvalue weighted by Gasteiger charge is -2.59. The predicted octanol–water partition coefficient (Wildman–Crippen LogP) is 4.18. The van der Waals surface area contributed by atoms with Gasteiger partial charge in [0.1, 0.15) is 11.9 Å². The lowest BCUT2D eigenvalue weighted by atomic mass is 9.43. The van der Waals surface area contributed by atoms with Crippen molar-refractivity contribution in [3.8, 4) is 0 Å². The number of hydrogen-bond acceptors (Lipinski definition) is 6. The van der Waals surface area contributed by atoms with Gasteiger partial charge in [-0.25, -0.2) is 0 Å². The number of Topliss-reactive ketones (excluding diaryl/α,β-unsaturated/α-hetero) is 3. The Morgan fingerprint density at radius 1 is 0.972 bits per heavy atom. The Hall–Kier alpha value is -1.37. The highest BCUT2D eigenvalue weighted by atomic mass is 16.4. The normalized spacial score (nSPS) is 40.9. The van der Waals surface area contributed by atoms with E-state index in [2.05, 4.69) is 20.8 Å². The van der Waals surface area contributed by atoms with Crippen molar-refractivity contribution in [3.05, 3.63) is 11.1 Å². The number of aliphatic hydroxyl groups excluding tert-OH is 2. The predicted molar refractivity (Wildman–Crippen MR) is 137 cm³/mol. The molecule has 0 spiro atoms. The van der Waals surface area contributed by atoms with Gasteiger partial charge in [0.25, 0.3) is 0 Å². The quantitative estimate of drug-likeness (QED) is 0.520. The van der Waals surface area contributed by atoms with Crippen molar-refractivity contribution < 1.29 is 29.7 Å². The first kappa shape index (κ1) is 27.7. The standard InChI is InChI=1S/C30H46O6/c1-16(13-19(32)25(35)27(4,5)36)17-9-12-29(7)24-18(31)14-21-26(2,3)22(34)10-11-28(21,6)23(24)20(33)15-30(17,29)8/h16-17,19,21,25,32,35-36H,9-15H2,1-8H3/t16-,17-,19+,21-,25-,28-,29+,30-/m0/s1. The molecule has 0 aliphatic heterocycles. The lowest BCUT2D eigenvalue weighted by molar-refractivity contribution is -0.146. The molecule has 2 fully saturated rings. The van der Waals surface area contributed by atoms with Gasteiger partial charge in [0.15, 0.2) is 11.6 Å². The minimum Gasteiger partial charge on any atom is -0.390 e. The summed E-state index contributed by atoms with van der Waals surface area (Å²) in [5.74, 6) is 0.181. The van der Waals surface area contributed by atoms with Crippen LogP contribution in [0.3, 0.4) is 0 Å². The van der Waals surface area contributed by atoms with Crippen molar-refractivity contribution in [3.63, 3.8) is 0 Å². The lowest BCUT2D eigenvalue weighted by Crippen LogP contribution is -2.58. The molecule has 4 aliphatic rings. The number of rotatable bonds is 5. The highest BCUT2D eigenvalue weighted by Gasteiger charge is 2.67. The second-order valence-corrected chi connectivity index (χ2v) is 14.4. The summed E-state index contributed by atoms with van der Waals surface area (Å²) >= 11 is 0. The molecular formula is C30H46O6. The van der Waals surface area contributed by atoms with Crippen LogP contribution in [0.1, 0.15) is 100 Å². The fourth-order valence-electron chi connectivity index (χ4n) is 9.07. The zero-order valence-corrected chi connectivity index (χ0v) is 23.4. The smallest absolute Gasteiger partial charge is 0.160 e. The van der Waals surface area contributed by atoms with Gasteiger partial charge in [-0.3, -0.25) is 14.4 Å². The van der Waals surface area contributed by atoms with Crippen molar-refractivity contribution in [1.82, 2.24) is 0 Å². The Bertz CT molecular complexity index is 1020. The summed E-state index contributed by atoms with van der Waals surface area (Å²) in [6, 6.07) is 0. The highest BCUT2D eigenvalue weighted by molar-refractivity contribution is 6.12. The molecule has 36 heavy (non-hydrogen) atoms. The van der Waals surface area contributed by atoms with Gasteiger partial charge in [0.05, 0.1) is 11.7 Å². The molecule has 6 heteroatoms. The van der Waals surface area contributed by atoms with Crippen LogP contribution in [0.5, 0.6) is 0 Å². The number of allylic oxidation sites excluding steroid dienone is 2. The average molecular weight is 503 g/mol. The number of fused-ring (bicyclic) bond motifs is 4. The summed E-state index contributed by atoms with van der Waals surface area (Å²) < 4.78 is 0. The van der Waals surface area contributed by atoms with Crippen molar-refractivity contribution in [2.75, 3.05) is 0 Å². The molecule has 4 aliphatic carbocycles. The molecule has 3 N–H and O–H groups in total. The van der Waals surface area contributed by atoms with E-state index < -0.39 is 39.5 Å². The van der Waals surface area contributed by atoms with E-state index in [9.17, 15) is 29.7 Å². The summed E-state index contributed by atoms with van der Waals surface area (Å²) in [4.78, 5) is 40.7. The van der Waals surface area contributed by atoms with Gasteiger partial charge in [-0.05, 0) is 62.7 Å².